The summed E-state index contributed by atoms with van der Waals surface area (Å²) in [6, 6.07) is 13.7. The molecule has 0 aliphatic carbocycles. The predicted octanol–water partition coefficient (Wildman–Crippen LogP) is 3.89. The van der Waals surface area contributed by atoms with Crippen molar-refractivity contribution in [3.63, 3.8) is 0 Å². The molecule has 0 bridgehead atoms. The van der Waals surface area contributed by atoms with E-state index in [1.165, 1.54) is 0 Å². The largest absolute Gasteiger partial charge is 0.356 e. The number of hydrogen-bond donors (Lipinski definition) is 3. The average Bonchev–Trinajstić information content (AvgIpc) is 2.63. The predicted molar refractivity (Wildman–Crippen MR) is 110 cm³/mol. The van der Waals surface area contributed by atoms with Crippen molar-refractivity contribution in [2.24, 2.45) is 4.99 Å². The van der Waals surface area contributed by atoms with Crippen LogP contribution in [0, 0.1) is 0 Å². The molecule has 2 aromatic rings. The zero-order chi connectivity index (χ0) is 18.5. The smallest absolute Gasteiger partial charge is 0.225 e. The lowest BCUT2D eigenvalue weighted by Gasteiger charge is -2.26. The lowest BCUT2D eigenvalue weighted by atomic mass is 9.90. The van der Waals surface area contributed by atoms with E-state index in [9.17, 15) is 4.79 Å². The molecule has 1 unspecified atom stereocenters. The molecule has 0 saturated carbocycles. The number of carbonyl (C=O) groups excluding carboxylic acids is 1. The van der Waals surface area contributed by atoms with Gasteiger partial charge < -0.3 is 16.0 Å². The Labute approximate surface area is 166 Å². The number of amides is 1. The number of aliphatic imine (C=N–C) groups is 1. The summed E-state index contributed by atoms with van der Waals surface area (Å²) in [7, 11) is 1.72. The van der Waals surface area contributed by atoms with Crippen LogP contribution in [-0.4, -0.2) is 25.5 Å². The molecule has 5 nitrogen and oxygen atoms in total. The van der Waals surface area contributed by atoms with Gasteiger partial charge in [0.1, 0.15) is 0 Å². The van der Waals surface area contributed by atoms with Crippen molar-refractivity contribution in [1.82, 2.24) is 10.6 Å². The van der Waals surface area contributed by atoms with Crippen LogP contribution in [0.2, 0.25) is 5.02 Å². The molecule has 1 heterocycles. The van der Waals surface area contributed by atoms with Gasteiger partial charge in [0.05, 0.1) is 0 Å². The van der Waals surface area contributed by atoms with Gasteiger partial charge in [-0.15, -0.1) is 0 Å². The van der Waals surface area contributed by atoms with Crippen molar-refractivity contribution >= 4 is 45.1 Å². The van der Waals surface area contributed by atoms with Gasteiger partial charge in [0.25, 0.3) is 0 Å². The van der Waals surface area contributed by atoms with E-state index >= 15 is 0 Å². The minimum Gasteiger partial charge on any atom is -0.356 e. The van der Waals surface area contributed by atoms with Crippen LogP contribution in [0.5, 0.6) is 0 Å². The van der Waals surface area contributed by atoms with Crippen LogP contribution in [0.1, 0.15) is 23.5 Å². The average molecular weight is 436 g/mol. The van der Waals surface area contributed by atoms with E-state index in [0.29, 0.717) is 30.5 Å². The zero-order valence-electron chi connectivity index (χ0n) is 14.4. The molecule has 7 heteroatoms. The first kappa shape index (κ1) is 18.7. The molecule has 1 amide bonds. The van der Waals surface area contributed by atoms with Crippen LogP contribution in [0.15, 0.2) is 51.9 Å². The zero-order valence-corrected chi connectivity index (χ0v) is 16.7. The minimum atomic E-state index is 0.0418. The van der Waals surface area contributed by atoms with E-state index in [0.717, 1.165) is 21.3 Å². The van der Waals surface area contributed by atoms with Crippen molar-refractivity contribution in [3.05, 3.63) is 63.1 Å². The summed E-state index contributed by atoms with van der Waals surface area (Å²) in [5.41, 5.74) is 3.02. The third-order valence-electron chi connectivity index (χ3n) is 4.31. The van der Waals surface area contributed by atoms with Crippen molar-refractivity contribution in [2.75, 3.05) is 18.9 Å². The number of nitrogens with zero attached hydrogens (tertiary/aromatic N) is 1. The lowest BCUT2D eigenvalue weighted by molar-refractivity contribution is -0.116. The molecule has 0 spiro atoms. The number of carbonyl (C=O) groups is 1. The fourth-order valence-corrected chi connectivity index (χ4v) is 3.71. The van der Waals surface area contributed by atoms with Gasteiger partial charge in [-0.2, -0.15) is 0 Å². The number of halogens is 2. The number of rotatable bonds is 4. The van der Waals surface area contributed by atoms with Gasteiger partial charge in [-0.3, -0.25) is 9.79 Å². The molecule has 136 valence electrons. The fourth-order valence-electron chi connectivity index (χ4n) is 2.97. The van der Waals surface area contributed by atoms with Gasteiger partial charge in [0, 0.05) is 47.7 Å². The molecule has 1 atom stereocenters. The Balaban J connectivity index is 1.60. The molecular weight excluding hydrogens is 416 g/mol. The van der Waals surface area contributed by atoms with Crippen molar-refractivity contribution in [2.45, 2.75) is 18.9 Å². The Morgan fingerprint density at radius 1 is 1.31 bits per heavy atom. The summed E-state index contributed by atoms with van der Waals surface area (Å²) >= 11 is 9.66. The van der Waals surface area contributed by atoms with Gasteiger partial charge >= 0.3 is 0 Å². The van der Waals surface area contributed by atoms with E-state index < -0.39 is 0 Å². The first-order chi connectivity index (χ1) is 12.6. The summed E-state index contributed by atoms with van der Waals surface area (Å²) in [6.45, 7) is 1.19. The molecule has 0 aromatic heterocycles. The highest BCUT2D eigenvalue weighted by Gasteiger charge is 2.24. The normalized spacial score (nSPS) is 16.7. The molecule has 0 radical (unpaired) electrons. The molecule has 3 N–H and O–H groups in total. The second-order valence-electron chi connectivity index (χ2n) is 6.08. The number of benzene rings is 2. The number of fused-ring (bicyclic) bond motifs is 1. The minimum absolute atomic E-state index is 0.0418. The van der Waals surface area contributed by atoms with Crippen molar-refractivity contribution < 1.29 is 4.79 Å². The van der Waals surface area contributed by atoms with Gasteiger partial charge in [-0.25, -0.2) is 0 Å². The van der Waals surface area contributed by atoms with E-state index in [4.69, 9.17) is 11.6 Å². The number of nitrogens with one attached hydrogen (secondary N) is 3. The van der Waals surface area contributed by atoms with E-state index in [-0.39, 0.29) is 11.8 Å². The molecule has 26 heavy (non-hydrogen) atoms. The SMILES string of the molecule is CN=C(NCc1ccc(Br)cc1Cl)NCC1CC(=O)Nc2ccccc21. The molecule has 2 aromatic carbocycles. The van der Waals surface area contributed by atoms with Gasteiger partial charge in [-0.05, 0) is 29.3 Å². The highest BCUT2D eigenvalue weighted by Crippen LogP contribution is 2.31. The van der Waals surface area contributed by atoms with Crippen LogP contribution >= 0.6 is 27.5 Å². The molecule has 0 saturated heterocycles. The first-order valence-corrected chi connectivity index (χ1v) is 9.51. The van der Waals surface area contributed by atoms with Crippen LogP contribution in [0.4, 0.5) is 5.69 Å². The van der Waals surface area contributed by atoms with E-state index in [1.807, 2.05) is 36.4 Å². The van der Waals surface area contributed by atoms with Crippen molar-refractivity contribution in [3.8, 4) is 0 Å². The summed E-state index contributed by atoms with van der Waals surface area (Å²) in [6.07, 6.45) is 0.458. The van der Waals surface area contributed by atoms with Crippen LogP contribution < -0.4 is 16.0 Å². The maximum atomic E-state index is 11.9. The number of para-hydroxylation sites is 1. The maximum Gasteiger partial charge on any atom is 0.225 e. The fraction of sp³-hybridized carbons (Fsp3) is 0.263. The number of guanidine groups is 1. The molecule has 3 rings (SSSR count). The second-order valence-corrected chi connectivity index (χ2v) is 7.40. The Morgan fingerprint density at radius 3 is 2.88 bits per heavy atom. The number of hydrogen-bond acceptors (Lipinski definition) is 2. The molecule has 1 aliphatic rings. The standard InChI is InChI=1S/C19H20BrClN4O/c1-22-19(23-10-12-6-7-14(20)9-16(12)21)24-11-13-8-18(26)25-17-5-3-2-4-15(13)17/h2-7,9,13H,8,10-11H2,1H3,(H,25,26)(H2,22,23,24). The van der Waals surface area contributed by atoms with Gasteiger partial charge in [0.15, 0.2) is 5.96 Å². The Morgan fingerprint density at radius 2 is 2.12 bits per heavy atom. The first-order valence-electron chi connectivity index (χ1n) is 8.34. The van der Waals surface area contributed by atoms with Crippen LogP contribution in [0.3, 0.4) is 0 Å². The monoisotopic (exact) mass is 434 g/mol. The summed E-state index contributed by atoms with van der Waals surface area (Å²) in [5.74, 6) is 0.822. The summed E-state index contributed by atoms with van der Waals surface area (Å²) < 4.78 is 0.947. The van der Waals surface area contributed by atoms with Crippen molar-refractivity contribution in [1.29, 1.82) is 0 Å². The lowest BCUT2D eigenvalue weighted by Crippen LogP contribution is -2.40. The third kappa shape index (κ3) is 4.56. The molecule has 1 aliphatic heterocycles. The topological polar surface area (TPSA) is 65.5 Å². The third-order valence-corrected chi connectivity index (χ3v) is 5.15. The second kappa shape index (κ2) is 8.56. The molecular formula is C19H20BrClN4O. The Kier molecular flexibility index (Phi) is 6.16. The highest BCUT2D eigenvalue weighted by atomic mass is 79.9. The Hall–Kier alpha value is -2.05. The number of anilines is 1. The highest BCUT2D eigenvalue weighted by molar-refractivity contribution is 9.10. The van der Waals surface area contributed by atoms with Crippen LogP contribution in [-0.2, 0) is 11.3 Å². The van der Waals surface area contributed by atoms with E-state index in [1.54, 1.807) is 7.05 Å². The van der Waals surface area contributed by atoms with Gasteiger partial charge in [0.2, 0.25) is 5.91 Å². The maximum absolute atomic E-state index is 11.9. The van der Waals surface area contributed by atoms with Crippen LogP contribution in [0.25, 0.3) is 0 Å². The van der Waals surface area contributed by atoms with E-state index in [2.05, 4.69) is 42.9 Å². The quantitative estimate of drug-likeness (QED) is 0.504. The summed E-state index contributed by atoms with van der Waals surface area (Å²) in [5, 5.41) is 10.2. The summed E-state index contributed by atoms with van der Waals surface area (Å²) in [4.78, 5) is 16.2. The molecule has 0 fully saturated rings. The van der Waals surface area contributed by atoms with Gasteiger partial charge in [-0.1, -0.05) is 51.8 Å². The Bertz CT molecular complexity index is 840.